The van der Waals surface area contributed by atoms with Gasteiger partial charge < -0.3 is 10.3 Å². The van der Waals surface area contributed by atoms with Crippen molar-refractivity contribution >= 4 is 54.4 Å². The zero-order valence-corrected chi connectivity index (χ0v) is 14.2. The molecule has 0 saturated heterocycles. The zero-order chi connectivity index (χ0) is 14.8. The van der Waals surface area contributed by atoms with E-state index in [1.54, 1.807) is 0 Å². The molecular formula is C16H12Br2N2O. The van der Waals surface area contributed by atoms with Gasteiger partial charge in [-0.25, -0.2) is 0 Å². The van der Waals surface area contributed by atoms with Crippen LogP contribution in [0.15, 0.2) is 57.6 Å². The number of benzene rings is 2. The van der Waals surface area contributed by atoms with Crippen molar-refractivity contribution in [3.63, 3.8) is 0 Å². The Morgan fingerprint density at radius 2 is 1.95 bits per heavy atom. The number of para-hydroxylation sites is 1. The van der Waals surface area contributed by atoms with Crippen LogP contribution in [0.25, 0.3) is 10.9 Å². The third kappa shape index (κ3) is 3.19. The number of H-pyrrole nitrogens is 1. The molecule has 0 fully saturated rings. The quantitative estimate of drug-likeness (QED) is 0.638. The molecule has 3 aromatic rings. The van der Waals surface area contributed by atoms with Crippen LogP contribution in [0, 0.1) is 0 Å². The summed E-state index contributed by atoms with van der Waals surface area (Å²) in [6.07, 6.45) is 2.23. The minimum absolute atomic E-state index is 0.0391. The second-order valence-corrected chi connectivity index (χ2v) is 6.48. The van der Waals surface area contributed by atoms with Crippen molar-refractivity contribution in [3.8, 4) is 0 Å². The standard InChI is InChI=1S/C16H12Br2N2O/c17-11-5-6-15(13(18)8-11)20-16(21)7-10-9-19-14-4-2-1-3-12(10)14/h1-6,8-9,19H,7H2,(H,20,21). The fourth-order valence-electron chi connectivity index (χ4n) is 2.24. The molecule has 1 heterocycles. The topological polar surface area (TPSA) is 44.9 Å². The molecule has 2 aromatic carbocycles. The molecule has 0 aliphatic carbocycles. The highest BCUT2D eigenvalue weighted by atomic mass is 79.9. The van der Waals surface area contributed by atoms with Gasteiger partial charge in [0.2, 0.25) is 5.91 Å². The Morgan fingerprint density at radius 3 is 2.76 bits per heavy atom. The minimum atomic E-state index is -0.0391. The lowest BCUT2D eigenvalue weighted by Crippen LogP contribution is -2.14. The van der Waals surface area contributed by atoms with Gasteiger partial charge in [-0.1, -0.05) is 34.1 Å². The lowest BCUT2D eigenvalue weighted by atomic mass is 10.1. The monoisotopic (exact) mass is 406 g/mol. The van der Waals surface area contributed by atoms with Gasteiger partial charge in [-0.3, -0.25) is 4.79 Å². The number of halogens is 2. The molecule has 0 saturated carbocycles. The van der Waals surface area contributed by atoms with Gasteiger partial charge in [0.1, 0.15) is 0 Å². The molecule has 1 aromatic heterocycles. The summed E-state index contributed by atoms with van der Waals surface area (Å²) in [7, 11) is 0. The third-order valence-electron chi connectivity index (χ3n) is 3.23. The summed E-state index contributed by atoms with van der Waals surface area (Å²) in [6, 6.07) is 13.6. The number of amides is 1. The number of carbonyl (C=O) groups excluding carboxylic acids is 1. The van der Waals surface area contributed by atoms with Crippen molar-refractivity contribution in [3.05, 3.63) is 63.2 Å². The summed E-state index contributed by atoms with van der Waals surface area (Å²) in [5.74, 6) is -0.0391. The second kappa shape index (κ2) is 6.03. The Morgan fingerprint density at radius 1 is 1.14 bits per heavy atom. The van der Waals surface area contributed by atoms with E-state index in [1.807, 2.05) is 48.7 Å². The van der Waals surface area contributed by atoms with Gasteiger partial charge >= 0.3 is 0 Å². The Balaban J connectivity index is 1.77. The number of nitrogens with one attached hydrogen (secondary N) is 2. The summed E-state index contributed by atoms with van der Waals surface area (Å²) < 4.78 is 1.81. The van der Waals surface area contributed by atoms with Gasteiger partial charge in [0.05, 0.1) is 12.1 Å². The van der Waals surface area contributed by atoms with Crippen molar-refractivity contribution < 1.29 is 4.79 Å². The fraction of sp³-hybridized carbons (Fsp3) is 0.0625. The van der Waals surface area contributed by atoms with E-state index < -0.39 is 0 Å². The van der Waals surface area contributed by atoms with Crippen molar-refractivity contribution in [1.29, 1.82) is 0 Å². The number of rotatable bonds is 3. The minimum Gasteiger partial charge on any atom is -0.361 e. The first-order valence-corrected chi connectivity index (χ1v) is 8.02. The van der Waals surface area contributed by atoms with Gasteiger partial charge in [0.15, 0.2) is 0 Å². The number of aromatic nitrogens is 1. The van der Waals surface area contributed by atoms with Gasteiger partial charge in [0, 0.05) is 26.0 Å². The van der Waals surface area contributed by atoms with E-state index in [4.69, 9.17) is 0 Å². The van der Waals surface area contributed by atoms with Crippen LogP contribution in [-0.4, -0.2) is 10.9 Å². The predicted octanol–water partition coefficient (Wildman–Crippen LogP) is 4.87. The second-order valence-electron chi connectivity index (χ2n) is 4.71. The van der Waals surface area contributed by atoms with E-state index in [9.17, 15) is 4.79 Å². The number of anilines is 1. The largest absolute Gasteiger partial charge is 0.361 e. The predicted molar refractivity (Wildman–Crippen MR) is 92.5 cm³/mol. The van der Waals surface area contributed by atoms with Crippen molar-refractivity contribution in [2.75, 3.05) is 5.32 Å². The summed E-state index contributed by atoms with van der Waals surface area (Å²) in [5, 5.41) is 4.01. The van der Waals surface area contributed by atoms with Crippen LogP contribution < -0.4 is 5.32 Å². The number of hydrogen-bond acceptors (Lipinski definition) is 1. The zero-order valence-electron chi connectivity index (χ0n) is 11.0. The molecule has 3 rings (SSSR count). The maximum atomic E-state index is 12.2. The van der Waals surface area contributed by atoms with Gasteiger partial charge in [0.25, 0.3) is 0 Å². The highest BCUT2D eigenvalue weighted by Crippen LogP contribution is 2.26. The number of carbonyl (C=O) groups is 1. The van der Waals surface area contributed by atoms with E-state index in [1.165, 1.54) is 0 Å². The summed E-state index contributed by atoms with van der Waals surface area (Å²) in [5.41, 5.74) is 2.81. The molecule has 106 valence electrons. The van der Waals surface area contributed by atoms with Gasteiger partial charge in [-0.05, 0) is 45.8 Å². The van der Waals surface area contributed by atoms with E-state index in [0.717, 1.165) is 31.1 Å². The molecule has 21 heavy (non-hydrogen) atoms. The molecule has 0 bridgehead atoms. The van der Waals surface area contributed by atoms with E-state index in [0.29, 0.717) is 6.42 Å². The van der Waals surface area contributed by atoms with Crippen LogP contribution in [0.1, 0.15) is 5.56 Å². The van der Waals surface area contributed by atoms with Crippen molar-refractivity contribution in [1.82, 2.24) is 4.98 Å². The molecule has 5 heteroatoms. The first kappa shape index (κ1) is 14.4. The van der Waals surface area contributed by atoms with Crippen molar-refractivity contribution in [2.24, 2.45) is 0 Å². The maximum Gasteiger partial charge on any atom is 0.228 e. The first-order chi connectivity index (χ1) is 10.1. The number of fused-ring (bicyclic) bond motifs is 1. The van der Waals surface area contributed by atoms with E-state index in [-0.39, 0.29) is 5.91 Å². The Labute approximate surface area is 139 Å². The van der Waals surface area contributed by atoms with Crippen LogP contribution >= 0.6 is 31.9 Å². The molecule has 0 aliphatic rings. The summed E-state index contributed by atoms with van der Waals surface area (Å²) in [6.45, 7) is 0. The summed E-state index contributed by atoms with van der Waals surface area (Å²) >= 11 is 6.83. The van der Waals surface area contributed by atoms with Crippen LogP contribution in [0.3, 0.4) is 0 Å². The number of aromatic amines is 1. The normalized spacial score (nSPS) is 10.8. The SMILES string of the molecule is O=C(Cc1c[nH]c2ccccc12)Nc1ccc(Br)cc1Br. The molecule has 0 radical (unpaired) electrons. The van der Waals surface area contributed by atoms with Gasteiger partial charge in [-0.2, -0.15) is 0 Å². The number of hydrogen-bond donors (Lipinski definition) is 2. The molecule has 0 aliphatic heterocycles. The van der Waals surface area contributed by atoms with E-state index in [2.05, 4.69) is 42.2 Å². The average molecular weight is 408 g/mol. The first-order valence-electron chi connectivity index (χ1n) is 6.43. The van der Waals surface area contributed by atoms with Crippen LogP contribution in [0.4, 0.5) is 5.69 Å². The molecule has 3 nitrogen and oxygen atoms in total. The fourth-order valence-corrected chi connectivity index (χ4v) is 3.38. The Kier molecular flexibility index (Phi) is 4.12. The highest BCUT2D eigenvalue weighted by Gasteiger charge is 2.10. The molecule has 2 N–H and O–H groups in total. The van der Waals surface area contributed by atoms with Crippen molar-refractivity contribution in [2.45, 2.75) is 6.42 Å². The smallest absolute Gasteiger partial charge is 0.228 e. The van der Waals surface area contributed by atoms with Crippen LogP contribution in [-0.2, 0) is 11.2 Å². The Bertz CT molecular complexity index is 811. The molecule has 1 amide bonds. The lowest BCUT2D eigenvalue weighted by molar-refractivity contribution is -0.115. The average Bonchev–Trinajstić information content (AvgIpc) is 2.85. The highest BCUT2D eigenvalue weighted by molar-refractivity contribution is 9.11. The van der Waals surface area contributed by atoms with Crippen LogP contribution in [0.2, 0.25) is 0 Å². The molecule has 0 unspecified atom stereocenters. The maximum absolute atomic E-state index is 12.2. The van der Waals surface area contributed by atoms with Crippen LogP contribution in [0.5, 0.6) is 0 Å². The molecular weight excluding hydrogens is 396 g/mol. The van der Waals surface area contributed by atoms with Gasteiger partial charge in [-0.15, -0.1) is 0 Å². The Hall–Kier alpha value is -1.59. The van der Waals surface area contributed by atoms with E-state index >= 15 is 0 Å². The molecule has 0 atom stereocenters. The third-order valence-corrected chi connectivity index (χ3v) is 4.38. The lowest BCUT2D eigenvalue weighted by Gasteiger charge is -2.07. The molecule has 0 spiro atoms. The summed E-state index contributed by atoms with van der Waals surface area (Å²) in [4.78, 5) is 15.4.